The van der Waals surface area contributed by atoms with E-state index in [4.69, 9.17) is 9.47 Å². The van der Waals surface area contributed by atoms with Gasteiger partial charge in [-0.25, -0.2) is 0 Å². The van der Waals surface area contributed by atoms with Crippen LogP contribution in [0.3, 0.4) is 0 Å². The van der Waals surface area contributed by atoms with Crippen LogP contribution < -0.4 is 5.32 Å². The van der Waals surface area contributed by atoms with Crippen molar-refractivity contribution < 1.29 is 9.47 Å². The van der Waals surface area contributed by atoms with Crippen LogP contribution in [0.5, 0.6) is 0 Å². The van der Waals surface area contributed by atoms with Crippen LogP contribution in [-0.2, 0) is 9.47 Å². The van der Waals surface area contributed by atoms with Gasteiger partial charge >= 0.3 is 0 Å². The van der Waals surface area contributed by atoms with Crippen LogP contribution in [0.4, 0.5) is 0 Å². The predicted octanol–water partition coefficient (Wildman–Crippen LogP) is 5.96. The number of ether oxygens (including phenoxy) is 2. The smallest absolute Gasteiger partial charge is 0.103 e. The first-order valence-corrected chi connectivity index (χ1v) is 14.3. The standard InChI is InChI=1S/C26H43IN2O2/c27-21-10-12-23(13-11-21)31-26-20-22(29-15-17-30-18-16-29)19-25-24(26)9-7-5-3-1-2-4-6-8-14-28-25/h19-21,23-25,28H,1-18H2. The molecule has 0 amide bonds. The summed E-state index contributed by atoms with van der Waals surface area (Å²) in [6, 6.07) is 0.402. The van der Waals surface area contributed by atoms with Crippen LogP contribution in [0, 0.1) is 5.92 Å². The molecule has 2 aliphatic carbocycles. The van der Waals surface area contributed by atoms with E-state index in [1.54, 1.807) is 0 Å². The van der Waals surface area contributed by atoms with E-state index >= 15 is 0 Å². The predicted molar refractivity (Wildman–Crippen MR) is 137 cm³/mol. The second kappa shape index (κ2) is 12.8. The quantitative estimate of drug-likeness (QED) is 0.353. The molecule has 0 bridgehead atoms. The molecule has 2 aliphatic heterocycles. The third kappa shape index (κ3) is 7.36. The van der Waals surface area contributed by atoms with Crippen molar-refractivity contribution in [3.63, 3.8) is 0 Å². The largest absolute Gasteiger partial charge is 0.494 e. The lowest BCUT2D eigenvalue weighted by Gasteiger charge is -2.38. The van der Waals surface area contributed by atoms with Crippen molar-refractivity contribution in [2.24, 2.45) is 5.92 Å². The van der Waals surface area contributed by atoms with Gasteiger partial charge in [-0.1, -0.05) is 67.5 Å². The van der Waals surface area contributed by atoms with E-state index in [2.05, 4.69) is 45.0 Å². The number of hydrogen-bond donors (Lipinski definition) is 1. The lowest BCUT2D eigenvalue weighted by molar-refractivity contribution is 0.0467. The van der Waals surface area contributed by atoms with E-state index in [-0.39, 0.29) is 0 Å². The van der Waals surface area contributed by atoms with Crippen LogP contribution >= 0.6 is 22.6 Å². The first-order chi connectivity index (χ1) is 15.3. The summed E-state index contributed by atoms with van der Waals surface area (Å²) >= 11 is 2.62. The van der Waals surface area contributed by atoms with Gasteiger partial charge in [0, 0.05) is 34.7 Å². The van der Waals surface area contributed by atoms with Crippen LogP contribution in [-0.4, -0.2) is 53.8 Å². The molecule has 0 aromatic carbocycles. The van der Waals surface area contributed by atoms with Crippen molar-refractivity contribution >= 4 is 22.6 Å². The Morgan fingerprint density at radius 1 is 0.871 bits per heavy atom. The van der Waals surface area contributed by atoms with Crippen LogP contribution in [0.1, 0.15) is 83.5 Å². The van der Waals surface area contributed by atoms with Gasteiger partial charge in [0.25, 0.3) is 0 Å². The molecule has 2 saturated heterocycles. The zero-order valence-electron chi connectivity index (χ0n) is 19.3. The van der Waals surface area contributed by atoms with E-state index in [0.29, 0.717) is 18.1 Å². The Morgan fingerprint density at radius 2 is 1.55 bits per heavy atom. The Labute approximate surface area is 203 Å². The average molecular weight is 543 g/mol. The Kier molecular flexibility index (Phi) is 9.88. The zero-order chi connectivity index (χ0) is 21.3. The fourth-order valence-corrected chi connectivity index (χ4v) is 6.31. The summed E-state index contributed by atoms with van der Waals surface area (Å²) in [5.74, 6) is 1.76. The van der Waals surface area contributed by atoms with Gasteiger partial charge < -0.3 is 19.7 Å². The lowest BCUT2D eigenvalue weighted by atomic mass is 9.86. The number of hydrogen-bond acceptors (Lipinski definition) is 4. The summed E-state index contributed by atoms with van der Waals surface area (Å²) < 4.78 is 13.3. The number of morpholine rings is 1. The van der Waals surface area contributed by atoms with Crippen LogP contribution in [0.25, 0.3) is 0 Å². The van der Waals surface area contributed by atoms with Gasteiger partial charge in [-0.2, -0.15) is 0 Å². The van der Waals surface area contributed by atoms with E-state index < -0.39 is 0 Å². The molecule has 2 unspecified atom stereocenters. The molecule has 3 fully saturated rings. The first kappa shape index (κ1) is 23.9. The topological polar surface area (TPSA) is 33.7 Å². The van der Waals surface area contributed by atoms with Crippen LogP contribution in [0.2, 0.25) is 0 Å². The first-order valence-electron chi connectivity index (χ1n) is 13.1. The molecule has 2 heterocycles. The second-order valence-corrected chi connectivity index (χ2v) is 11.7. The van der Waals surface area contributed by atoms with Gasteiger partial charge in [0.15, 0.2) is 0 Å². The van der Waals surface area contributed by atoms with E-state index in [0.717, 1.165) is 36.8 Å². The number of rotatable bonds is 3. The molecule has 0 spiro atoms. The lowest BCUT2D eigenvalue weighted by Crippen LogP contribution is -2.43. The summed E-state index contributed by atoms with van der Waals surface area (Å²) in [4.78, 5) is 2.51. The molecule has 2 atom stereocenters. The highest BCUT2D eigenvalue weighted by atomic mass is 127. The zero-order valence-corrected chi connectivity index (χ0v) is 21.5. The molecule has 4 nitrogen and oxygen atoms in total. The minimum Gasteiger partial charge on any atom is -0.494 e. The van der Waals surface area contributed by atoms with Crippen molar-refractivity contribution in [2.75, 3.05) is 32.8 Å². The monoisotopic (exact) mass is 542 g/mol. The molecule has 0 aromatic heterocycles. The maximum atomic E-state index is 6.84. The summed E-state index contributed by atoms with van der Waals surface area (Å²) in [5.41, 5.74) is 1.36. The summed E-state index contributed by atoms with van der Waals surface area (Å²) in [6.45, 7) is 4.78. The van der Waals surface area contributed by atoms with E-state index in [1.807, 2.05) is 0 Å². The summed E-state index contributed by atoms with van der Waals surface area (Å²) in [6.07, 6.45) is 22.6. The molecule has 5 heteroatoms. The highest BCUT2D eigenvalue weighted by molar-refractivity contribution is 14.1. The number of halogens is 1. The second-order valence-electron chi connectivity index (χ2n) is 9.93. The molecular formula is C26H43IN2O2. The molecule has 31 heavy (non-hydrogen) atoms. The molecule has 4 rings (SSSR count). The number of allylic oxidation sites excluding steroid dienone is 1. The van der Waals surface area contributed by atoms with Crippen LogP contribution in [0.15, 0.2) is 23.6 Å². The Bertz CT molecular complexity index is 594. The number of nitrogens with one attached hydrogen (secondary N) is 1. The number of nitrogens with zero attached hydrogens (tertiary/aromatic N) is 1. The third-order valence-corrected chi connectivity index (χ3v) is 8.79. The Hall–Kier alpha value is -0.270. The van der Waals surface area contributed by atoms with Crippen molar-refractivity contribution in [3.8, 4) is 0 Å². The number of fused-ring (bicyclic) bond motifs is 1. The maximum Gasteiger partial charge on any atom is 0.103 e. The van der Waals surface area contributed by atoms with E-state index in [1.165, 1.54) is 94.9 Å². The molecule has 1 saturated carbocycles. The summed E-state index contributed by atoms with van der Waals surface area (Å²) in [5, 5.41) is 3.95. The van der Waals surface area contributed by atoms with Crippen molar-refractivity contribution in [1.29, 1.82) is 0 Å². The van der Waals surface area contributed by atoms with Gasteiger partial charge in [0.2, 0.25) is 0 Å². The molecule has 0 radical (unpaired) electrons. The SMILES string of the molecule is IC1CCC(OC2=CC(N3CCOCC3)=CC3NCCCCCCCCCCC23)CC1. The molecule has 0 aromatic rings. The van der Waals surface area contributed by atoms with E-state index in [9.17, 15) is 0 Å². The van der Waals surface area contributed by atoms with Gasteiger partial charge in [-0.15, -0.1) is 0 Å². The fraction of sp³-hybridized carbons (Fsp3) is 0.846. The number of alkyl halides is 1. The molecule has 1 N–H and O–H groups in total. The van der Waals surface area contributed by atoms with Crippen molar-refractivity contribution in [2.45, 2.75) is 99.5 Å². The summed E-state index contributed by atoms with van der Waals surface area (Å²) in [7, 11) is 0. The normalized spacial score (nSPS) is 34.3. The Balaban J connectivity index is 1.51. The minimum atomic E-state index is 0.402. The third-order valence-electron chi connectivity index (χ3n) is 7.54. The molecule has 176 valence electrons. The van der Waals surface area contributed by atoms with Gasteiger partial charge in [-0.05, 0) is 57.2 Å². The molecule has 4 aliphatic rings. The van der Waals surface area contributed by atoms with Crippen molar-refractivity contribution in [1.82, 2.24) is 10.2 Å². The minimum absolute atomic E-state index is 0.402. The average Bonchev–Trinajstić information content (AvgIpc) is 2.82. The van der Waals surface area contributed by atoms with Gasteiger partial charge in [-0.3, -0.25) is 0 Å². The highest BCUT2D eigenvalue weighted by Gasteiger charge is 2.32. The highest BCUT2D eigenvalue weighted by Crippen LogP contribution is 2.35. The maximum absolute atomic E-state index is 6.84. The van der Waals surface area contributed by atoms with Gasteiger partial charge in [0.05, 0.1) is 19.3 Å². The van der Waals surface area contributed by atoms with Gasteiger partial charge in [0.1, 0.15) is 5.76 Å². The molecular weight excluding hydrogens is 499 g/mol. The fourth-order valence-electron chi connectivity index (χ4n) is 5.59. The Morgan fingerprint density at radius 3 is 2.29 bits per heavy atom. The van der Waals surface area contributed by atoms with Crippen molar-refractivity contribution in [3.05, 3.63) is 23.6 Å².